The molecule has 2 heterocycles. The Morgan fingerprint density at radius 3 is 2.32 bits per heavy atom. The Kier molecular flexibility index (Phi) is 7.42. The highest BCUT2D eigenvalue weighted by molar-refractivity contribution is 6.39. The zero-order valence-corrected chi connectivity index (χ0v) is 24.5. The van der Waals surface area contributed by atoms with Gasteiger partial charge in [-0.2, -0.15) is 4.98 Å². The molecule has 8 nitrogen and oxygen atoms in total. The zero-order chi connectivity index (χ0) is 28.8. The first-order valence-corrected chi connectivity index (χ1v) is 14.7. The van der Waals surface area contributed by atoms with E-state index in [4.69, 9.17) is 47.1 Å². The van der Waals surface area contributed by atoms with Crippen LogP contribution in [-0.2, 0) is 16.8 Å². The summed E-state index contributed by atoms with van der Waals surface area (Å²) in [7, 11) is 0. The first-order chi connectivity index (χ1) is 19.7. The molecule has 2 aromatic heterocycles. The van der Waals surface area contributed by atoms with Gasteiger partial charge in [-0.3, -0.25) is 0 Å². The first-order valence-electron chi connectivity index (χ1n) is 14.0. The highest BCUT2D eigenvalue weighted by Crippen LogP contribution is 2.49. The van der Waals surface area contributed by atoms with Crippen molar-refractivity contribution in [2.45, 2.75) is 82.3 Å². The summed E-state index contributed by atoms with van der Waals surface area (Å²) in [6, 6.07) is 11.9. The Morgan fingerprint density at radius 1 is 1.02 bits per heavy atom. The van der Waals surface area contributed by atoms with Gasteiger partial charge in [-0.15, -0.1) is 0 Å². The van der Waals surface area contributed by atoms with Crippen molar-refractivity contribution < 1.29 is 23.7 Å². The zero-order valence-electron chi connectivity index (χ0n) is 23.0. The van der Waals surface area contributed by atoms with Crippen LogP contribution in [0.3, 0.4) is 0 Å². The molecule has 0 amide bonds. The molecule has 6 rings (SSSR count). The molecular weight excluding hydrogens is 565 g/mol. The average molecular weight is 597 g/mol. The molecule has 0 aliphatic heterocycles. The fourth-order valence-electron chi connectivity index (χ4n) is 5.69. The molecule has 1 N–H and O–H groups in total. The van der Waals surface area contributed by atoms with Gasteiger partial charge >= 0.3 is 5.97 Å². The van der Waals surface area contributed by atoms with E-state index in [0.717, 1.165) is 56.3 Å². The summed E-state index contributed by atoms with van der Waals surface area (Å²) in [5.74, 6) is 1.30. The number of carbonyl (C=O) groups is 1. The molecule has 0 saturated heterocycles. The molecule has 0 unspecified atom stereocenters. The van der Waals surface area contributed by atoms with Crippen LogP contribution in [-0.4, -0.2) is 32.0 Å². The lowest BCUT2D eigenvalue weighted by Crippen LogP contribution is -2.41. The summed E-state index contributed by atoms with van der Waals surface area (Å²) in [5, 5.41) is 18.8. The fourth-order valence-corrected chi connectivity index (χ4v) is 6.27. The highest BCUT2D eigenvalue weighted by Gasteiger charge is 2.44. The molecule has 10 heteroatoms. The van der Waals surface area contributed by atoms with Crippen LogP contribution < -0.4 is 0 Å². The van der Waals surface area contributed by atoms with E-state index in [1.165, 1.54) is 12.1 Å². The number of hydrogen-bond acceptors (Lipinski definition) is 7. The maximum atomic E-state index is 11.2. The highest BCUT2D eigenvalue weighted by atomic mass is 35.5. The maximum Gasteiger partial charge on any atom is 0.335 e. The van der Waals surface area contributed by atoms with Crippen molar-refractivity contribution in [2.24, 2.45) is 0 Å². The molecule has 41 heavy (non-hydrogen) atoms. The number of hydrogen-bond donors (Lipinski definition) is 1. The van der Waals surface area contributed by atoms with Gasteiger partial charge in [0.25, 0.3) is 0 Å². The van der Waals surface area contributed by atoms with Crippen LogP contribution in [0.1, 0.15) is 92.3 Å². The van der Waals surface area contributed by atoms with Crippen LogP contribution in [0.15, 0.2) is 51.5 Å². The van der Waals surface area contributed by atoms with Gasteiger partial charge in [0, 0.05) is 28.0 Å². The predicted molar refractivity (Wildman–Crippen MR) is 154 cm³/mol. The topological polar surface area (TPSA) is 111 Å². The van der Waals surface area contributed by atoms with Crippen LogP contribution in [0.2, 0.25) is 10.0 Å². The number of ether oxygens (including phenoxy) is 1. The number of aromatic nitrogens is 3. The number of carboxylic acid groups (broad SMARTS) is 1. The van der Waals surface area contributed by atoms with E-state index in [1.807, 2.05) is 18.2 Å². The number of benzene rings is 2. The van der Waals surface area contributed by atoms with E-state index in [0.29, 0.717) is 51.1 Å². The summed E-state index contributed by atoms with van der Waals surface area (Å²) >= 11 is 13.1. The standard InChI is InChI=1S/C31H31Cl2N3O5/c1-3-31(39-17-21-25(35-40-26(21)18-7-8-18)24-22(32)5-4-6-23(24)33)15-13-30(2,14-16-31)29-34-27(36-41-29)19-9-11-20(12-10-19)28(37)38/h4-6,9-12,18H,3,7-8,13-17H2,1-2H3,(H,37,38). The second kappa shape index (κ2) is 10.9. The Morgan fingerprint density at radius 2 is 1.71 bits per heavy atom. The fraction of sp³-hybridized carbons (Fsp3) is 0.419. The van der Waals surface area contributed by atoms with Gasteiger partial charge in [0.2, 0.25) is 11.7 Å². The molecule has 2 saturated carbocycles. The third-order valence-corrected chi connectivity index (χ3v) is 9.36. The largest absolute Gasteiger partial charge is 0.478 e. The number of aromatic carboxylic acids is 1. The molecule has 2 aromatic carbocycles. The number of rotatable bonds is 9. The summed E-state index contributed by atoms with van der Waals surface area (Å²) in [4.78, 5) is 15.9. The van der Waals surface area contributed by atoms with Crippen molar-refractivity contribution in [1.82, 2.24) is 15.3 Å². The van der Waals surface area contributed by atoms with Crippen molar-refractivity contribution >= 4 is 29.2 Å². The van der Waals surface area contributed by atoms with E-state index in [1.54, 1.807) is 12.1 Å². The van der Waals surface area contributed by atoms with Crippen LogP contribution in [0.5, 0.6) is 0 Å². The van der Waals surface area contributed by atoms with Gasteiger partial charge in [-0.25, -0.2) is 4.79 Å². The quantitative estimate of drug-likeness (QED) is 0.205. The van der Waals surface area contributed by atoms with Gasteiger partial charge in [-0.1, -0.05) is 65.6 Å². The van der Waals surface area contributed by atoms with E-state index >= 15 is 0 Å². The van der Waals surface area contributed by atoms with Crippen LogP contribution in [0, 0.1) is 0 Å². The summed E-state index contributed by atoms with van der Waals surface area (Å²) < 4.78 is 18.3. The monoisotopic (exact) mass is 595 g/mol. The maximum absolute atomic E-state index is 11.2. The van der Waals surface area contributed by atoms with E-state index in [-0.39, 0.29) is 16.6 Å². The molecule has 4 aromatic rings. The summed E-state index contributed by atoms with van der Waals surface area (Å²) in [5.41, 5.74) is 2.59. The summed E-state index contributed by atoms with van der Waals surface area (Å²) in [6.07, 6.45) is 6.32. The third-order valence-electron chi connectivity index (χ3n) is 8.73. The minimum Gasteiger partial charge on any atom is -0.478 e. The summed E-state index contributed by atoms with van der Waals surface area (Å²) in [6.45, 7) is 4.68. The number of carboxylic acids is 1. The Hall–Kier alpha value is -3.20. The molecule has 2 aliphatic carbocycles. The van der Waals surface area contributed by atoms with Crippen molar-refractivity contribution in [3.63, 3.8) is 0 Å². The Balaban J connectivity index is 1.18. The van der Waals surface area contributed by atoms with Crippen LogP contribution >= 0.6 is 23.2 Å². The van der Waals surface area contributed by atoms with Gasteiger partial charge in [-0.05, 0) is 69.2 Å². The van der Waals surface area contributed by atoms with Gasteiger partial charge in [0.15, 0.2) is 0 Å². The molecule has 0 spiro atoms. The first kappa shape index (κ1) is 27.9. The van der Waals surface area contributed by atoms with E-state index in [9.17, 15) is 4.79 Å². The van der Waals surface area contributed by atoms with Crippen LogP contribution in [0.4, 0.5) is 0 Å². The van der Waals surface area contributed by atoms with Crippen molar-refractivity contribution in [2.75, 3.05) is 0 Å². The molecule has 2 aliphatic rings. The smallest absolute Gasteiger partial charge is 0.335 e. The van der Waals surface area contributed by atoms with Gasteiger partial charge < -0.3 is 18.9 Å². The molecule has 0 radical (unpaired) electrons. The number of nitrogens with zero attached hydrogens (tertiary/aromatic N) is 3. The van der Waals surface area contributed by atoms with Gasteiger partial charge in [0.1, 0.15) is 11.5 Å². The van der Waals surface area contributed by atoms with Crippen LogP contribution in [0.25, 0.3) is 22.6 Å². The molecule has 2 fully saturated rings. The average Bonchev–Trinajstić information content (AvgIpc) is 3.53. The molecule has 0 atom stereocenters. The molecule has 214 valence electrons. The lowest BCUT2D eigenvalue weighted by molar-refractivity contribution is -0.0949. The third kappa shape index (κ3) is 5.41. The normalized spacial score (nSPS) is 22.6. The van der Waals surface area contributed by atoms with Crippen molar-refractivity contribution in [3.05, 3.63) is 75.3 Å². The van der Waals surface area contributed by atoms with Crippen molar-refractivity contribution in [1.29, 1.82) is 0 Å². The number of halogens is 2. The second-order valence-corrected chi connectivity index (χ2v) is 12.3. The van der Waals surface area contributed by atoms with Crippen molar-refractivity contribution in [3.8, 4) is 22.6 Å². The predicted octanol–water partition coefficient (Wildman–Crippen LogP) is 8.47. The Labute approximate surface area is 248 Å². The Bertz CT molecular complexity index is 1550. The second-order valence-electron chi connectivity index (χ2n) is 11.4. The van der Waals surface area contributed by atoms with Gasteiger partial charge in [0.05, 0.1) is 27.8 Å². The minimum absolute atomic E-state index is 0.213. The molecule has 0 bridgehead atoms. The van der Waals surface area contributed by atoms with E-state index in [2.05, 4.69) is 24.2 Å². The molecular formula is C31H31Cl2N3O5. The lowest BCUT2D eigenvalue weighted by Gasteiger charge is -2.43. The van der Waals surface area contributed by atoms with E-state index < -0.39 is 5.97 Å². The minimum atomic E-state index is -0.974. The lowest BCUT2D eigenvalue weighted by atomic mass is 9.68. The SMILES string of the molecule is CCC1(OCc2c(-c3c(Cl)cccc3Cl)noc2C2CC2)CCC(C)(c2nc(-c3ccc(C(=O)O)cc3)no2)CC1.